The third-order valence-corrected chi connectivity index (χ3v) is 3.22. The summed E-state index contributed by atoms with van der Waals surface area (Å²) in [5.41, 5.74) is 13.7. The third kappa shape index (κ3) is 3.56. The van der Waals surface area contributed by atoms with Crippen LogP contribution >= 0.6 is 0 Å². The van der Waals surface area contributed by atoms with Crippen LogP contribution in [0, 0.1) is 11.8 Å². The number of nitrogens with one attached hydrogen (secondary N) is 2. The molecule has 3 rings (SSSR count). The first-order valence-corrected chi connectivity index (χ1v) is 7.28. The second-order valence-corrected chi connectivity index (χ2v) is 4.98. The highest BCUT2D eigenvalue weighted by Crippen LogP contribution is 2.23. The molecule has 0 bridgehead atoms. The molecule has 0 aliphatic heterocycles. The lowest BCUT2D eigenvalue weighted by molar-refractivity contribution is 0.870. The Hall–Kier alpha value is -3.11. The molecule has 0 fully saturated rings. The lowest BCUT2D eigenvalue weighted by Crippen LogP contribution is -1.99. The lowest BCUT2D eigenvalue weighted by atomic mass is 10.1. The summed E-state index contributed by atoms with van der Waals surface area (Å²) in [6, 6.07) is 5.68. The van der Waals surface area contributed by atoms with Crippen molar-refractivity contribution in [2.75, 3.05) is 17.6 Å². The van der Waals surface area contributed by atoms with Gasteiger partial charge in [-0.1, -0.05) is 11.8 Å². The minimum absolute atomic E-state index is 0.223. The number of hydrogen-bond donors (Lipinski definition) is 4. The highest BCUT2D eigenvalue weighted by molar-refractivity contribution is 5.88. The Balaban J connectivity index is 1.93. The Kier molecular flexibility index (Phi) is 4.36. The van der Waals surface area contributed by atoms with Gasteiger partial charge in [-0.15, -0.1) is 0 Å². The average Bonchev–Trinajstić information content (AvgIpc) is 3.00. The van der Waals surface area contributed by atoms with Gasteiger partial charge in [0, 0.05) is 23.7 Å². The number of benzene rings is 1. The van der Waals surface area contributed by atoms with Crippen LogP contribution in [0.1, 0.15) is 18.4 Å². The topological polar surface area (TPSA) is 119 Å². The standard InChI is InChI=1S/C16H17N7/c17-6-3-1-2-4-11-8-13(9-12-10-20-23-15(11)12)21-14-5-7-19-16(18)22-14/h5,7-10H,1,3,6,17H2,(H,20,23)(H3,18,19,21,22). The molecule has 0 spiro atoms. The van der Waals surface area contributed by atoms with Crippen LogP contribution in [0.15, 0.2) is 30.6 Å². The van der Waals surface area contributed by atoms with Crippen molar-refractivity contribution in [3.05, 3.63) is 36.2 Å². The Labute approximate surface area is 133 Å². The number of hydrogen-bond acceptors (Lipinski definition) is 6. The summed E-state index contributed by atoms with van der Waals surface area (Å²) in [4.78, 5) is 8.01. The van der Waals surface area contributed by atoms with E-state index in [1.807, 2.05) is 12.1 Å². The van der Waals surface area contributed by atoms with Crippen molar-refractivity contribution in [2.24, 2.45) is 5.73 Å². The largest absolute Gasteiger partial charge is 0.368 e. The molecule has 0 radical (unpaired) electrons. The van der Waals surface area contributed by atoms with Crippen LogP contribution in [0.5, 0.6) is 0 Å². The van der Waals surface area contributed by atoms with Crippen LogP contribution in [0.25, 0.3) is 10.9 Å². The molecule has 0 saturated heterocycles. The summed E-state index contributed by atoms with van der Waals surface area (Å²) >= 11 is 0. The van der Waals surface area contributed by atoms with Crippen LogP contribution in [0.4, 0.5) is 17.5 Å². The summed E-state index contributed by atoms with van der Waals surface area (Å²) in [7, 11) is 0. The van der Waals surface area contributed by atoms with E-state index in [1.165, 1.54) is 0 Å². The van der Waals surface area contributed by atoms with Crippen molar-refractivity contribution >= 4 is 28.4 Å². The van der Waals surface area contributed by atoms with Crippen LogP contribution in [-0.2, 0) is 0 Å². The number of anilines is 3. The van der Waals surface area contributed by atoms with E-state index < -0.39 is 0 Å². The normalized spacial score (nSPS) is 10.3. The van der Waals surface area contributed by atoms with Gasteiger partial charge in [-0.05, 0) is 31.2 Å². The molecule has 0 aliphatic carbocycles. The first-order chi connectivity index (χ1) is 11.3. The maximum Gasteiger partial charge on any atom is 0.221 e. The van der Waals surface area contributed by atoms with E-state index in [2.05, 4.69) is 37.3 Å². The molecule has 7 nitrogen and oxygen atoms in total. The van der Waals surface area contributed by atoms with E-state index in [0.717, 1.165) is 35.0 Å². The molecule has 7 heteroatoms. The maximum atomic E-state index is 5.60. The molecule has 0 unspecified atom stereocenters. The van der Waals surface area contributed by atoms with Crippen molar-refractivity contribution < 1.29 is 0 Å². The predicted molar refractivity (Wildman–Crippen MR) is 91.0 cm³/mol. The molecule has 2 aromatic heterocycles. The number of rotatable bonds is 4. The van der Waals surface area contributed by atoms with Crippen molar-refractivity contribution in [1.82, 2.24) is 20.2 Å². The summed E-state index contributed by atoms with van der Waals surface area (Å²) in [6.07, 6.45) is 5.03. The van der Waals surface area contributed by atoms with E-state index in [4.69, 9.17) is 11.5 Å². The SMILES string of the molecule is NCCCC#Cc1cc(Nc2ccnc(N)n2)cc2cn[nH]c12. The van der Waals surface area contributed by atoms with Crippen molar-refractivity contribution in [3.63, 3.8) is 0 Å². The molecule has 116 valence electrons. The first kappa shape index (κ1) is 14.8. The Morgan fingerprint density at radius 3 is 3.04 bits per heavy atom. The third-order valence-electron chi connectivity index (χ3n) is 3.22. The van der Waals surface area contributed by atoms with Gasteiger partial charge in [-0.2, -0.15) is 10.1 Å². The smallest absolute Gasteiger partial charge is 0.221 e. The summed E-state index contributed by atoms with van der Waals surface area (Å²) in [5, 5.41) is 11.2. The van der Waals surface area contributed by atoms with Crippen LogP contribution < -0.4 is 16.8 Å². The van der Waals surface area contributed by atoms with Crippen molar-refractivity contribution in [2.45, 2.75) is 12.8 Å². The van der Waals surface area contributed by atoms with Gasteiger partial charge in [0.2, 0.25) is 5.95 Å². The van der Waals surface area contributed by atoms with E-state index in [9.17, 15) is 0 Å². The number of aromatic nitrogens is 4. The number of aromatic amines is 1. The van der Waals surface area contributed by atoms with E-state index in [1.54, 1.807) is 18.5 Å². The van der Waals surface area contributed by atoms with Gasteiger partial charge >= 0.3 is 0 Å². The number of nitrogens with zero attached hydrogens (tertiary/aromatic N) is 3. The maximum absolute atomic E-state index is 5.60. The van der Waals surface area contributed by atoms with Gasteiger partial charge in [0.25, 0.3) is 0 Å². The van der Waals surface area contributed by atoms with Crippen LogP contribution in [0.2, 0.25) is 0 Å². The number of fused-ring (bicyclic) bond motifs is 1. The average molecular weight is 307 g/mol. The predicted octanol–water partition coefficient (Wildman–Crippen LogP) is 1.77. The molecule has 6 N–H and O–H groups in total. The monoisotopic (exact) mass is 307 g/mol. The molecule has 2 heterocycles. The number of nitrogen functional groups attached to an aromatic ring is 1. The van der Waals surface area contributed by atoms with E-state index >= 15 is 0 Å². The van der Waals surface area contributed by atoms with E-state index in [-0.39, 0.29) is 5.95 Å². The minimum Gasteiger partial charge on any atom is -0.368 e. The summed E-state index contributed by atoms with van der Waals surface area (Å²) in [5.74, 6) is 7.16. The quantitative estimate of drug-likeness (QED) is 0.431. The van der Waals surface area contributed by atoms with Crippen LogP contribution in [0.3, 0.4) is 0 Å². The van der Waals surface area contributed by atoms with Gasteiger partial charge in [0.05, 0.1) is 17.3 Å². The molecule has 23 heavy (non-hydrogen) atoms. The second kappa shape index (κ2) is 6.77. The highest BCUT2D eigenvalue weighted by atomic mass is 15.1. The first-order valence-electron chi connectivity index (χ1n) is 7.28. The fourth-order valence-electron chi connectivity index (χ4n) is 2.17. The number of unbranched alkanes of at least 4 members (excludes halogenated alkanes) is 1. The zero-order valence-electron chi connectivity index (χ0n) is 12.5. The Morgan fingerprint density at radius 1 is 1.30 bits per heavy atom. The molecule has 0 saturated carbocycles. The summed E-state index contributed by atoms with van der Waals surface area (Å²) < 4.78 is 0. The number of H-pyrrole nitrogens is 1. The zero-order valence-corrected chi connectivity index (χ0v) is 12.5. The molecular formula is C16H17N7. The van der Waals surface area contributed by atoms with Crippen molar-refractivity contribution in [3.8, 4) is 11.8 Å². The molecule has 0 amide bonds. The molecule has 0 atom stereocenters. The van der Waals surface area contributed by atoms with Gasteiger partial charge in [-0.3, -0.25) is 5.10 Å². The molecule has 3 aromatic rings. The minimum atomic E-state index is 0.223. The number of nitrogens with two attached hydrogens (primary N) is 2. The fraction of sp³-hybridized carbons (Fsp3) is 0.188. The zero-order chi connectivity index (χ0) is 16.1. The summed E-state index contributed by atoms with van der Waals surface area (Å²) in [6.45, 7) is 0.644. The van der Waals surface area contributed by atoms with Crippen molar-refractivity contribution in [1.29, 1.82) is 0 Å². The molecule has 0 aliphatic rings. The second-order valence-electron chi connectivity index (χ2n) is 4.98. The van der Waals surface area contributed by atoms with Gasteiger partial charge in [0.1, 0.15) is 5.82 Å². The molecular weight excluding hydrogens is 290 g/mol. The highest BCUT2D eigenvalue weighted by Gasteiger charge is 2.05. The van der Waals surface area contributed by atoms with Gasteiger partial charge in [-0.25, -0.2) is 4.98 Å². The van der Waals surface area contributed by atoms with E-state index in [0.29, 0.717) is 12.4 Å². The Morgan fingerprint density at radius 2 is 2.22 bits per heavy atom. The van der Waals surface area contributed by atoms with Gasteiger partial charge < -0.3 is 16.8 Å². The van der Waals surface area contributed by atoms with Crippen LogP contribution in [-0.4, -0.2) is 26.7 Å². The Bertz CT molecular complexity index is 873. The van der Waals surface area contributed by atoms with Gasteiger partial charge in [0.15, 0.2) is 0 Å². The lowest BCUT2D eigenvalue weighted by Gasteiger charge is -2.07. The molecule has 1 aromatic carbocycles. The fourth-order valence-corrected chi connectivity index (χ4v) is 2.17.